The van der Waals surface area contributed by atoms with Gasteiger partial charge in [0.25, 0.3) is 5.69 Å². The van der Waals surface area contributed by atoms with Crippen LogP contribution >= 0.6 is 0 Å². The zero-order chi connectivity index (χ0) is 17.1. The van der Waals surface area contributed by atoms with Crippen LogP contribution in [0.1, 0.15) is 29.5 Å². The molecule has 1 fully saturated rings. The van der Waals surface area contributed by atoms with Crippen LogP contribution in [0.15, 0.2) is 41.4 Å². The Morgan fingerprint density at radius 2 is 1.83 bits per heavy atom. The summed E-state index contributed by atoms with van der Waals surface area (Å²) in [7, 11) is 0. The molecule has 1 aliphatic heterocycles. The van der Waals surface area contributed by atoms with E-state index in [4.69, 9.17) is 0 Å². The fourth-order valence-electron chi connectivity index (χ4n) is 3.11. The highest BCUT2D eigenvalue weighted by Crippen LogP contribution is 2.26. The van der Waals surface area contributed by atoms with Gasteiger partial charge in [-0.1, -0.05) is 6.07 Å². The van der Waals surface area contributed by atoms with Crippen molar-refractivity contribution in [1.82, 2.24) is 0 Å². The Hall–Kier alpha value is -2.69. The van der Waals surface area contributed by atoms with Crippen LogP contribution in [0.4, 0.5) is 17.1 Å². The third-order valence-electron chi connectivity index (χ3n) is 4.41. The number of nitro groups is 1. The molecule has 0 spiro atoms. The molecule has 5 nitrogen and oxygen atoms in total. The molecule has 124 valence electrons. The minimum absolute atomic E-state index is 0.0947. The van der Waals surface area contributed by atoms with E-state index in [1.807, 2.05) is 13.1 Å². The fraction of sp³-hybridized carbons (Fsp3) is 0.316. The molecule has 1 heterocycles. The maximum atomic E-state index is 10.8. The van der Waals surface area contributed by atoms with Crippen molar-refractivity contribution in [3.8, 4) is 0 Å². The molecular formula is C19H21N3O2. The number of aryl methyl sites for hydroxylation is 2. The minimum Gasteiger partial charge on any atom is -0.371 e. The summed E-state index contributed by atoms with van der Waals surface area (Å²) in [5, 5.41) is 10.8. The lowest BCUT2D eigenvalue weighted by Crippen LogP contribution is -2.18. The Bertz CT molecular complexity index is 793. The van der Waals surface area contributed by atoms with Gasteiger partial charge < -0.3 is 4.90 Å². The van der Waals surface area contributed by atoms with Crippen LogP contribution in [0.5, 0.6) is 0 Å². The van der Waals surface area contributed by atoms with Crippen LogP contribution in [0.25, 0.3) is 0 Å². The number of benzene rings is 2. The van der Waals surface area contributed by atoms with Crippen LogP contribution in [0.3, 0.4) is 0 Å². The molecule has 2 aromatic carbocycles. The van der Waals surface area contributed by atoms with Crippen LogP contribution < -0.4 is 4.90 Å². The number of hydrogen-bond donors (Lipinski definition) is 0. The lowest BCUT2D eigenvalue weighted by molar-refractivity contribution is -0.384. The molecule has 2 aromatic rings. The first kappa shape index (κ1) is 16.2. The van der Waals surface area contributed by atoms with E-state index in [1.165, 1.54) is 30.2 Å². The number of non-ortho nitro benzene ring substituents is 1. The average Bonchev–Trinajstić information content (AvgIpc) is 3.07. The second kappa shape index (κ2) is 6.83. The lowest BCUT2D eigenvalue weighted by Gasteiger charge is -2.20. The normalized spacial score (nSPS) is 14.5. The van der Waals surface area contributed by atoms with Crippen molar-refractivity contribution in [2.24, 2.45) is 4.99 Å². The van der Waals surface area contributed by atoms with E-state index in [0.717, 1.165) is 29.9 Å². The molecule has 0 unspecified atom stereocenters. The van der Waals surface area contributed by atoms with Gasteiger partial charge in [-0.15, -0.1) is 0 Å². The summed E-state index contributed by atoms with van der Waals surface area (Å²) >= 11 is 0. The van der Waals surface area contributed by atoms with Gasteiger partial charge in [-0.05, 0) is 61.6 Å². The first-order valence-corrected chi connectivity index (χ1v) is 8.19. The molecule has 0 atom stereocenters. The maximum Gasteiger partial charge on any atom is 0.269 e. The lowest BCUT2D eigenvalue weighted by atomic mass is 10.1. The second-order valence-corrected chi connectivity index (χ2v) is 6.23. The van der Waals surface area contributed by atoms with E-state index in [1.54, 1.807) is 12.1 Å². The van der Waals surface area contributed by atoms with E-state index in [-0.39, 0.29) is 10.6 Å². The van der Waals surface area contributed by atoms with Gasteiger partial charge in [0.2, 0.25) is 0 Å². The summed E-state index contributed by atoms with van der Waals surface area (Å²) in [6, 6.07) is 11.1. The van der Waals surface area contributed by atoms with Crippen molar-refractivity contribution in [2.45, 2.75) is 26.7 Å². The number of aliphatic imine (C=N–C) groups is 1. The topological polar surface area (TPSA) is 58.7 Å². The van der Waals surface area contributed by atoms with E-state index in [9.17, 15) is 10.1 Å². The number of hydrogen-bond acceptors (Lipinski definition) is 4. The highest BCUT2D eigenvalue weighted by atomic mass is 16.6. The number of nitrogens with zero attached hydrogens (tertiary/aromatic N) is 3. The first-order chi connectivity index (χ1) is 11.5. The fourth-order valence-corrected chi connectivity index (χ4v) is 3.11. The zero-order valence-corrected chi connectivity index (χ0v) is 14.0. The Labute approximate surface area is 141 Å². The number of rotatable bonds is 4. The van der Waals surface area contributed by atoms with Crippen molar-refractivity contribution < 1.29 is 4.92 Å². The monoisotopic (exact) mass is 323 g/mol. The molecule has 0 aliphatic carbocycles. The molecule has 1 aliphatic rings. The predicted molar refractivity (Wildman–Crippen MR) is 97.7 cm³/mol. The summed E-state index contributed by atoms with van der Waals surface area (Å²) in [5.41, 5.74) is 5.23. The number of anilines is 1. The molecule has 0 radical (unpaired) electrons. The van der Waals surface area contributed by atoms with E-state index < -0.39 is 0 Å². The molecular weight excluding hydrogens is 302 g/mol. The van der Waals surface area contributed by atoms with Crippen molar-refractivity contribution in [3.63, 3.8) is 0 Å². The highest BCUT2D eigenvalue weighted by Gasteiger charge is 2.14. The van der Waals surface area contributed by atoms with E-state index >= 15 is 0 Å². The van der Waals surface area contributed by atoms with E-state index in [0.29, 0.717) is 0 Å². The van der Waals surface area contributed by atoms with Gasteiger partial charge in [-0.25, -0.2) is 0 Å². The van der Waals surface area contributed by atoms with Crippen molar-refractivity contribution in [1.29, 1.82) is 0 Å². The third kappa shape index (κ3) is 3.45. The first-order valence-electron chi connectivity index (χ1n) is 8.19. The summed E-state index contributed by atoms with van der Waals surface area (Å²) in [5.74, 6) is 0. The van der Waals surface area contributed by atoms with Gasteiger partial charge in [0.05, 0.1) is 10.6 Å². The van der Waals surface area contributed by atoms with Gasteiger partial charge in [-0.2, -0.15) is 0 Å². The van der Waals surface area contributed by atoms with Crippen LogP contribution in [-0.4, -0.2) is 24.2 Å². The molecule has 0 amide bonds. The largest absolute Gasteiger partial charge is 0.371 e. The quantitative estimate of drug-likeness (QED) is 0.471. The summed E-state index contributed by atoms with van der Waals surface area (Å²) < 4.78 is 0. The Morgan fingerprint density at radius 1 is 1.08 bits per heavy atom. The molecule has 1 saturated heterocycles. The molecule has 5 heteroatoms. The van der Waals surface area contributed by atoms with Gasteiger partial charge in [-0.3, -0.25) is 15.1 Å². The zero-order valence-electron chi connectivity index (χ0n) is 14.0. The third-order valence-corrected chi connectivity index (χ3v) is 4.41. The van der Waals surface area contributed by atoms with Gasteiger partial charge in [0, 0.05) is 37.1 Å². The predicted octanol–water partition coefficient (Wildman–Crippen LogP) is 4.56. The second-order valence-electron chi connectivity index (χ2n) is 6.23. The van der Waals surface area contributed by atoms with Crippen molar-refractivity contribution in [3.05, 3.63) is 63.2 Å². The van der Waals surface area contributed by atoms with Crippen molar-refractivity contribution in [2.75, 3.05) is 18.0 Å². The van der Waals surface area contributed by atoms with Crippen molar-refractivity contribution >= 4 is 23.3 Å². The summed E-state index contributed by atoms with van der Waals surface area (Å²) in [6.45, 7) is 6.23. The van der Waals surface area contributed by atoms with Gasteiger partial charge >= 0.3 is 0 Å². The number of nitro benzene ring substituents is 1. The molecule has 0 N–H and O–H groups in total. The summed E-state index contributed by atoms with van der Waals surface area (Å²) in [6.07, 6.45) is 4.35. The molecule has 3 rings (SSSR count). The van der Waals surface area contributed by atoms with Crippen LogP contribution in [0.2, 0.25) is 0 Å². The molecule has 24 heavy (non-hydrogen) atoms. The molecule has 0 saturated carbocycles. The van der Waals surface area contributed by atoms with E-state index in [2.05, 4.69) is 35.0 Å². The summed E-state index contributed by atoms with van der Waals surface area (Å²) in [4.78, 5) is 17.3. The van der Waals surface area contributed by atoms with Gasteiger partial charge in [0.15, 0.2) is 0 Å². The Balaban J connectivity index is 1.79. The average molecular weight is 323 g/mol. The Kier molecular flexibility index (Phi) is 4.60. The minimum atomic E-state index is -0.388. The van der Waals surface area contributed by atoms with Crippen LogP contribution in [0, 0.1) is 24.0 Å². The maximum absolute atomic E-state index is 10.8. The highest BCUT2D eigenvalue weighted by molar-refractivity contribution is 5.83. The smallest absolute Gasteiger partial charge is 0.269 e. The molecule has 0 aromatic heterocycles. The molecule has 0 bridgehead atoms. The Morgan fingerprint density at radius 3 is 2.46 bits per heavy atom. The van der Waals surface area contributed by atoms with Gasteiger partial charge in [0.1, 0.15) is 0 Å². The SMILES string of the molecule is Cc1cc([N+](=O)[O-])ccc1N=Cc1ccc(N2CCCC2)c(C)c1. The van der Waals surface area contributed by atoms with Crippen LogP contribution in [-0.2, 0) is 0 Å². The standard InChI is InChI=1S/C19H21N3O2/c1-14-12-17(22(23)24)6-7-18(14)20-13-16-5-8-19(15(2)11-16)21-9-3-4-10-21/h5-8,11-13H,3-4,9-10H2,1-2H3.